The Morgan fingerprint density at radius 1 is 1.18 bits per heavy atom. The lowest BCUT2D eigenvalue weighted by Gasteiger charge is -2.37. The fourth-order valence-corrected chi connectivity index (χ4v) is 5.25. The molecule has 0 unspecified atom stereocenters. The minimum Gasteiger partial charge on any atom is -0.356 e. The molecule has 156 valence electrons. The summed E-state index contributed by atoms with van der Waals surface area (Å²) in [6.45, 7) is 7.03. The molecule has 7 nitrogen and oxygen atoms in total. The van der Waals surface area contributed by atoms with Gasteiger partial charge in [0.2, 0.25) is 5.91 Å². The normalized spacial score (nSPS) is 19.1. The zero-order chi connectivity index (χ0) is 19.6. The summed E-state index contributed by atoms with van der Waals surface area (Å²) in [6.07, 6.45) is 6.51. The van der Waals surface area contributed by atoms with Gasteiger partial charge in [0.25, 0.3) is 0 Å². The molecule has 2 aliphatic heterocycles. The van der Waals surface area contributed by atoms with Crippen molar-refractivity contribution >= 4 is 35.0 Å². The number of piperidine rings is 1. The van der Waals surface area contributed by atoms with Crippen LogP contribution in [-0.4, -0.2) is 96.7 Å². The molecule has 2 aliphatic rings. The van der Waals surface area contributed by atoms with Gasteiger partial charge in [-0.05, 0) is 25.7 Å². The molecular weight excluding hydrogens is 392 g/mol. The van der Waals surface area contributed by atoms with Gasteiger partial charge < -0.3 is 15.1 Å². The van der Waals surface area contributed by atoms with Crippen molar-refractivity contribution in [1.82, 2.24) is 25.0 Å². The van der Waals surface area contributed by atoms with Crippen LogP contribution >= 0.6 is 23.1 Å². The van der Waals surface area contributed by atoms with E-state index in [0.29, 0.717) is 12.5 Å². The summed E-state index contributed by atoms with van der Waals surface area (Å²) in [7, 11) is 1.85. The van der Waals surface area contributed by atoms with Gasteiger partial charge in [0.1, 0.15) is 4.34 Å². The largest absolute Gasteiger partial charge is 0.356 e. The average Bonchev–Trinajstić information content (AvgIpc) is 3.26. The number of hydrogen-bond acceptors (Lipinski definition) is 6. The molecule has 0 saturated carbocycles. The molecule has 0 aromatic carbocycles. The third kappa shape index (κ3) is 6.63. The predicted molar refractivity (Wildman–Crippen MR) is 117 cm³/mol. The quantitative estimate of drug-likeness (QED) is 0.312. The second-order valence-corrected chi connectivity index (χ2v) is 9.42. The molecule has 2 fully saturated rings. The highest BCUT2D eigenvalue weighted by molar-refractivity contribution is 8.00. The van der Waals surface area contributed by atoms with Crippen LogP contribution in [0.15, 0.2) is 20.9 Å². The van der Waals surface area contributed by atoms with Crippen LogP contribution in [0.25, 0.3) is 0 Å². The van der Waals surface area contributed by atoms with Gasteiger partial charge in [0, 0.05) is 70.2 Å². The van der Waals surface area contributed by atoms with Gasteiger partial charge in [-0.2, -0.15) is 0 Å². The Hall–Kier alpha value is -1.32. The van der Waals surface area contributed by atoms with Crippen LogP contribution in [0.4, 0.5) is 0 Å². The summed E-state index contributed by atoms with van der Waals surface area (Å²) in [5, 5.41) is 5.49. The van der Waals surface area contributed by atoms with Gasteiger partial charge in [-0.1, -0.05) is 11.8 Å². The van der Waals surface area contributed by atoms with E-state index >= 15 is 0 Å². The molecule has 1 amide bonds. The van der Waals surface area contributed by atoms with Gasteiger partial charge in [0.05, 0.1) is 6.54 Å². The lowest BCUT2D eigenvalue weighted by Crippen LogP contribution is -2.54. The average molecular weight is 425 g/mol. The molecule has 1 N–H and O–H groups in total. The monoisotopic (exact) mass is 424 g/mol. The van der Waals surface area contributed by atoms with E-state index in [1.807, 2.05) is 35.3 Å². The first-order valence-electron chi connectivity index (χ1n) is 10.2. The molecule has 1 aromatic rings. The Kier molecular flexibility index (Phi) is 8.88. The zero-order valence-corrected chi connectivity index (χ0v) is 18.4. The molecule has 0 spiro atoms. The number of aliphatic imine (C=N–C) groups is 1. The van der Waals surface area contributed by atoms with Gasteiger partial charge in [0.15, 0.2) is 5.96 Å². The molecule has 1 aromatic heterocycles. The zero-order valence-electron chi connectivity index (χ0n) is 16.8. The third-order valence-corrected chi connectivity index (χ3v) is 7.24. The third-order valence-electron chi connectivity index (χ3n) is 5.19. The fraction of sp³-hybridized carbons (Fsp3) is 0.737. The van der Waals surface area contributed by atoms with Crippen molar-refractivity contribution in [3.8, 4) is 0 Å². The summed E-state index contributed by atoms with van der Waals surface area (Å²) < 4.78 is 1.14. The number of thiazole rings is 1. The number of piperazine rings is 1. The summed E-state index contributed by atoms with van der Waals surface area (Å²) >= 11 is 3.51. The minimum atomic E-state index is 0.299. The number of thioether (sulfide) groups is 1. The molecule has 3 rings (SSSR count). The molecule has 0 aliphatic carbocycles. The number of carbonyl (C=O) groups is 1. The van der Waals surface area contributed by atoms with Crippen molar-refractivity contribution in [1.29, 1.82) is 0 Å². The number of hydrogen-bond donors (Lipinski definition) is 1. The van der Waals surface area contributed by atoms with Crippen molar-refractivity contribution in [3.63, 3.8) is 0 Å². The molecule has 0 bridgehead atoms. The van der Waals surface area contributed by atoms with E-state index in [-0.39, 0.29) is 0 Å². The Morgan fingerprint density at radius 2 is 1.96 bits per heavy atom. The number of amides is 1. The van der Waals surface area contributed by atoms with Gasteiger partial charge in [-0.3, -0.25) is 14.7 Å². The number of nitrogens with zero attached hydrogens (tertiary/aromatic N) is 5. The van der Waals surface area contributed by atoms with Crippen LogP contribution in [0.2, 0.25) is 0 Å². The topological polar surface area (TPSA) is 64.1 Å². The van der Waals surface area contributed by atoms with Crippen LogP contribution in [0.5, 0.6) is 0 Å². The first-order valence-corrected chi connectivity index (χ1v) is 12.1. The van der Waals surface area contributed by atoms with E-state index in [2.05, 4.69) is 25.1 Å². The lowest BCUT2D eigenvalue weighted by molar-refractivity contribution is -0.133. The Morgan fingerprint density at radius 3 is 2.64 bits per heavy atom. The van der Waals surface area contributed by atoms with Gasteiger partial charge in [-0.15, -0.1) is 11.3 Å². The molecule has 2 saturated heterocycles. The maximum Gasteiger partial charge on any atom is 0.236 e. The van der Waals surface area contributed by atoms with Crippen LogP contribution in [0.3, 0.4) is 0 Å². The van der Waals surface area contributed by atoms with E-state index in [4.69, 9.17) is 0 Å². The summed E-state index contributed by atoms with van der Waals surface area (Å²) in [5.74, 6) is 2.33. The maximum absolute atomic E-state index is 12.5. The van der Waals surface area contributed by atoms with Gasteiger partial charge >= 0.3 is 0 Å². The number of carbonyl (C=O) groups excluding carboxylic acids is 1. The van der Waals surface area contributed by atoms with Crippen LogP contribution in [0, 0.1) is 0 Å². The smallest absolute Gasteiger partial charge is 0.236 e. The van der Waals surface area contributed by atoms with E-state index in [0.717, 1.165) is 81.1 Å². The molecule has 0 radical (unpaired) electrons. The Labute approximate surface area is 176 Å². The maximum atomic E-state index is 12.5. The molecular formula is C19H32N6OS2. The van der Waals surface area contributed by atoms with Crippen molar-refractivity contribution in [2.24, 2.45) is 4.99 Å². The molecule has 9 heteroatoms. The van der Waals surface area contributed by atoms with E-state index < -0.39 is 0 Å². The summed E-state index contributed by atoms with van der Waals surface area (Å²) in [5.41, 5.74) is 0. The van der Waals surface area contributed by atoms with E-state index in [1.165, 1.54) is 6.42 Å². The van der Waals surface area contributed by atoms with Crippen LogP contribution in [0.1, 0.15) is 25.7 Å². The van der Waals surface area contributed by atoms with Crippen LogP contribution < -0.4 is 5.32 Å². The molecule has 28 heavy (non-hydrogen) atoms. The number of guanidine groups is 1. The number of nitrogens with one attached hydrogen (secondary N) is 1. The van der Waals surface area contributed by atoms with E-state index in [9.17, 15) is 4.79 Å². The first-order chi connectivity index (χ1) is 13.8. The lowest BCUT2D eigenvalue weighted by atomic mass is 10.1. The Bertz CT molecular complexity index is 610. The SMILES string of the molecule is CN=C(NCCCSc1nccs1)N1CCN(CC(=O)N2CCCCC2)CC1. The second-order valence-electron chi connectivity index (χ2n) is 7.18. The second kappa shape index (κ2) is 11.6. The highest BCUT2D eigenvalue weighted by atomic mass is 32.2. The summed E-state index contributed by atoms with van der Waals surface area (Å²) in [4.78, 5) is 27.8. The van der Waals surface area contributed by atoms with E-state index in [1.54, 1.807) is 11.3 Å². The highest BCUT2D eigenvalue weighted by Crippen LogP contribution is 2.20. The first kappa shape index (κ1) is 21.4. The molecule has 3 heterocycles. The van der Waals surface area contributed by atoms with Crippen LogP contribution in [-0.2, 0) is 4.79 Å². The fourth-order valence-electron chi connectivity index (χ4n) is 3.60. The van der Waals surface area contributed by atoms with Crippen molar-refractivity contribution in [2.45, 2.75) is 30.0 Å². The van der Waals surface area contributed by atoms with Crippen molar-refractivity contribution in [2.75, 3.05) is 65.2 Å². The minimum absolute atomic E-state index is 0.299. The number of aromatic nitrogens is 1. The van der Waals surface area contributed by atoms with Crippen molar-refractivity contribution < 1.29 is 4.79 Å². The standard InChI is InChI=1S/C19H32N6OS2/c1-20-18(21-6-5-14-27-19-22-7-15-28-19)25-12-10-23(11-13-25)16-17(26)24-8-3-2-4-9-24/h7,15H,2-6,8-14,16H2,1H3,(H,20,21). The molecule has 0 atom stereocenters. The predicted octanol–water partition coefficient (Wildman–Crippen LogP) is 1.83. The van der Waals surface area contributed by atoms with Crippen molar-refractivity contribution in [3.05, 3.63) is 11.6 Å². The summed E-state index contributed by atoms with van der Waals surface area (Å²) in [6, 6.07) is 0. The number of likely N-dealkylation sites (tertiary alicyclic amines) is 1. The Balaban J connectivity index is 1.31. The number of rotatable bonds is 7. The highest BCUT2D eigenvalue weighted by Gasteiger charge is 2.23. The van der Waals surface area contributed by atoms with Gasteiger partial charge in [-0.25, -0.2) is 4.98 Å².